The van der Waals surface area contributed by atoms with Gasteiger partial charge in [-0.25, -0.2) is 4.98 Å². The minimum atomic E-state index is -0.235. The fourth-order valence-electron chi connectivity index (χ4n) is 2.14. The number of aromatic nitrogens is 3. The van der Waals surface area contributed by atoms with Crippen LogP contribution >= 0.6 is 0 Å². The lowest BCUT2D eigenvalue weighted by Crippen LogP contribution is -2.26. The molecule has 1 heterocycles. The van der Waals surface area contributed by atoms with Gasteiger partial charge < -0.3 is 10.1 Å². The first-order chi connectivity index (χ1) is 10.3. The van der Waals surface area contributed by atoms with Crippen molar-refractivity contribution < 1.29 is 9.53 Å². The van der Waals surface area contributed by atoms with E-state index in [0.29, 0.717) is 12.5 Å². The van der Waals surface area contributed by atoms with Gasteiger partial charge in [0, 0.05) is 12.5 Å². The first kappa shape index (κ1) is 13.6. The largest absolute Gasteiger partial charge is 0.497 e. The lowest BCUT2D eigenvalue weighted by Gasteiger charge is -2.05. The van der Waals surface area contributed by atoms with Crippen LogP contribution in [-0.2, 0) is 6.42 Å². The number of benzene rings is 1. The number of carbonyl (C=O) groups excluding carboxylic acids is 1. The Morgan fingerprint density at radius 2 is 2.33 bits per heavy atom. The van der Waals surface area contributed by atoms with Gasteiger partial charge in [0.1, 0.15) is 11.6 Å². The number of carbonyl (C=O) groups is 1. The van der Waals surface area contributed by atoms with Crippen LogP contribution in [0, 0.1) is 0 Å². The van der Waals surface area contributed by atoms with E-state index < -0.39 is 0 Å². The minimum Gasteiger partial charge on any atom is -0.497 e. The van der Waals surface area contributed by atoms with E-state index in [1.807, 2.05) is 24.3 Å². The number of aromatic amines is 1. The standard InChI is InChI=1S/C15H18N4O2/c1-21-12-4-2-3-10(9-12)7-8-16-15(20)14-17-13(18-19-14)11-5-6-11/h2-4,9,11H,5-8H2,1H3,(H,16,20)(H,17,18,19). The molecule has 6 heteroatoms. The summed E-state index contributed by atoms with van der Waals surface area (Å²) in [6.45, 7) is 0.541. The Balaban J connectivity index is 1.50. The Morgan fingerprint density at radius 1 is 1.48 bits per heavy atom. The van der Waals surface area contributed by atoms with Gasteiger partial charge in [0.2, 0.25) is 5.82 Å². The van der Waals surface area contributed by atoms with E-state index in [-0.39, 0.29) is 11.7 Å². The summed E-state index contributed by atoms with van der Waals surface area (Å²) in [6, 6.07) is 7.80. The van der Waals surface area contributed by atoms with Crippen molar-refractivity contribution in [2.75, 3.05) is 13.7 Å². The predicted octanol–water partition coefficient (Wildman–Crippen LogP) is 1.66. The van der Waals surface area contributed by atoms with Crippen LogP contribution in [0.5, 0.6) is 5.75 Å². The molecule has 1 saturated carbocycles. The third-order valence-electron chi connectivity index (χ3n) is 3.50. The summed E-state index contributed by atoms with van der Waals surface area (Å²) < 4.78 is 5.17. The molecule has 1 amide bonds. The second-order valence-corrected chi connectivity index (χ2v) is 5.18. The molecule has 1 fully saturated rings. The number of methoxy groups -OCH3 is 1. The smallest absolute Gasteiger partial charge is 0.290 e. The lowest BCUT2D eigenvalue weighted by atomic mass is 10.1. The van der Waals surface area contributed by atoms with Gasteiger partial charge in [0.05, 0.1) is 7.11 Å². The van der Waals surface area contributed by atoms with Gasteiger partial charge in [-0.05, 0) is 37.0 Å². The fraction of sp³-hybridized carbons (Fsp3) is 0.400. The molecule has 2 aromatic rings. The zero-order chi connectivity index (χ0) is 14.7. The van der Waals surface area contributed by atoms with Crippen LogP contribution in [0.4, 0.5) is 0 Å². The highest BCUT2D eigenvalue weighted by Crippen LogP contribution is 2.37. The van der Waals surface area contributed by atoms with Crippen LogP contribution in [0.2, 0.25) is 0 Å². The second-order valence-electron chi connectivity index (χ2n) is 5.18. The summed E-state index contributed by atoms with van der Waals surface area (Å²) in [5.41, 5.74) is 1.11. The fourth-order valence-corrected chi connectivity index (χ4v) is 2.14. The summed E-state index contributed by atoms with van der Waals surface area (Å²) in [4.78, 5) is 16.2. The number of amides is 1. The quantitative estimate of drug-likeness (QED) is 0.846. The molecule has 110 valence electrons. The van der Waals surface area contributed by atoms with E-state index in [4.69, 9.17) is 4.74 Å². The van der Waals surface area contributed by atoms with Crippen LogP contribution < -0.4 is 10.1 Å². The summed E-state index contributed by atoms with van der Waals surface area (Å²) in [5.74, 6) is 2.11. The third-order valence-corrected chi connectivity index (χ3v) is 3.50. The maximum absolute atomic E-state index is 11.9. The predicted molar refractivity (Wildman–Crippen MR) is 77.4 cm³/mol. The van der Waals surface area contributed by atoms with Gasteiger partial charge in [0.25, 0.3) is 5.91 Å². The third kappa shape index (κ3) is 3.39. The average Bonchev–Trinajstić information content (AvgIpc) is 3.24. The molecular formula is C15H18N4O2. The van der Waals surface area contributed by atoms with Gasteiger partial charge in [-0.2, -0.15) is 0 Å². The Labute approximate surface area is 122 Å². The molecule has 0 radical (unpaired) electrons. The molecule has 1 aromatic heterocycles. The molecule has 1 aliphatic rings. The van der Waals surface area contributed by atoms with E-state index in [2.05, 4.69) is 20.5 Å². The summed E-state index contributed by atoms with van der Waals surface area (Å²) in [7, 11) is 1.64. The van der Waals surface area contributed by atoms with Crippen molar-refractivity contribution in [2.45, 2.75) is 25.2 Å². The first-order valence-electron chi connectivity index (χ1n) is 7.09. The highest BCUT2D eigenvalue weighted by molar-refractivity contribution is 5.90. The molecule has 1 aromatic carbocycles. The Hall–Kier alpha value is -2.37. The van der Waals surface area contributed by atoms with Crippen LogP contribution in [0.25, 0.3) is 0 Å². The molecule has 0 unspecified atom stereocenters. The van der Waals surface area contributed by atoms with Crippen LogP contribution in [-0.4, -0.2) is 34.7 Å². The Kier molecular flexibility index (Phi) is 3.85. The van der Waals surface area contributed by atoms with Gasteiger partial charge in [-0.1, -0.05) is 12.1 Å². The molecule has 3 rings (SSSR count). The second kappa shape index (κ2) is 5.95. The van der Waals surface area contributed by atoms with Crippen LogP contribution in [0.15, 0.2) is 24.3 Å². The van der Waals surface area contributed by atoms with Crippen molar-refractivity contribution in [1.82, 2.24) is 20.5 Å². The van der Waals surface area contributed by atoms with Crippen LogP contribution in [0.1, 0.15) is 40.8 Å². The highest BCUT2D eigenvalue weighted by Gasteiger charge is 2.28. The van der Waals surface area contributed by atoms with Crippen molar-refractivity contribution in [2.24, 2.45) is 0 Å². The molecule has 0 saturated heterocycles. The maximum Gasteiger partial charge on any atom is 0.290 e. The summed E-state index contributed by atoms with van der Waals surface area (Å²) in [5, 5.41) is 9.63. The number of hydrogen-bond donors (Lipinski definition) is 2. The van der Waals surface area contributed by atoms with Crippen LogP contribution in [0.3, 0.4) is 0 Å². The minimum absolute atomic E-state index is 0.225. The highest BCUT2D eigenvalue weighted by atomic mass is 16.5. The van der Waals surface area contributed by atoms with Crippen molar-refractivity contribution in [1.29, 1.82) is 0 Å². The Morgan fingerprint density at radius 3 is 3.10 bits per heavy atom. The van der Waals surface area contributed by atoms with E-state index in [9.17, 15) is 4.79 Å². The number of rotatable bonds is 6. The van der Waals surface area contributed by atoms with E-state index >= 15 is 0 Å². The molecule has 0 bridgehead atoms. The normalized spacial score (nSPS) is 14.0. The summed E-state index contributed by atoms with van der Waals surface area (Å²) in [6.07, 6.45) is 3.00. The van der Waals surface area contributed by atoms with Crippen molar-refractivity contribution in [3.8, 4) is 5.75 Å². The molecular weight excluding hydrogens is 268 g/mol. The SMILES string of the molecule is COc1cccc(CCNC(=O)c2n[nH]c(C3CC3)n2)c1. The number of nitrogens with zero attached hydrogens (tertiary/aromatic N) is 2. The molecule has 0 spiro atoms. The number of ether oxygens (including phenoxy) is 1. The molecule has 6 nitrogen and oxygen atoms in total. The van der Waals surface area contributed by atoms with Gasteiger partial charge in [-0.15, -0.1) is 5.10 Å². The van der Waals surface area contributed by atoms with Gasteiger partial charge in [-0.3, -0.25) is 9.89 Å². The monoisotopic (exact) mass is 286 g/mol. The van der Waals surface area contributed by atoms with Crippen molar-refractivity contribution >= 4 is 5.91 Å². The zero-order valence-electron chi connectivity index (χ0n) is 11.9. The van der Waals surface area contributed by atoms with Crippen molar-refractivity contribution in [3.63, 3.8) is 0 Å². The molecule has 0 aliphatic heterocycles. The van der Waals surface area contributed by atoms with E-state index in [1.54, 1.807) is 7.11 Å². The number of H-pyrrole nitrogens is 1. The molecule has 0 atom stereocenters. The number of nitrogens with one attached hydrogen (secondary N) is 2. The first-order valence-corrected chi connectivity index (χ1v) is 7.09. The summed E-state index contributed by atoms with van der Waals surface area (Å²) >= 11 is 0. The molecule has 1 aliphatic carbocycles. The molecule has 2 N–H and O–H groups in total. The topological polar surface area (TPSA) is 79.9 Å². The maximum atomic E-state index is 11.9. The lowest BCUT2D eigenvalue weighted by molar-refractivity contribution is 0.0944. The zero-order valence-corrected chi connectivity index (χ0v) is 11.9. The van der Waals surface area contributed by atoms with Crippen molar-refractivity contribution in [3.05, 3.63) is 41.5 Å². The van der Waals surface area contributed by atoms with Gasteiger partial charge in [0.15, 0.2) is 0 Å². The van der Waals surface area contributed by atoms with Gasteiger partial charge >= 0.3 is 0 Å². The van der Waals surface area contributed by atoms with E-state index in [1.165, 1.54) is 0 Å². The molecule has 21 heavy (non-hydrogen) atoms. The number of hydrogen-bond acceptors (Lipinski definition) is 4. The Bertz CT molecular complexity index is 634. The van der Waals surface area contributed by atoms with E-state index in [0.717, 1.165) is 36.4 Å². The average molecular weight is 286 g/mol.